The molecule has 0 spiro atoms. The van der Waals surface area contributed by atoms with E-state index in [9.17, 15) is 9.59 Å². The highest BCUT2D eigenvalue weighted by Gasteiger charge is 2.48. The first kappa shape index (κ1) is 18.3. The monoisotopic (exact) mass is 365 g/mol. The maximum absolute atomic E-state index is 12.8. The van der Waals surface area contributed by atoms with Crippen LogP contribution in [0.15, 0.2) is 48.5 Å². The Morgan fingerprint density at radius 3 is 2.30 bits per heavy atom. The first-order valence-electron chi connectivity index (χ1n) is 8.39. The summed E-state index contributed by atoms with van der Waals surface area (Å²) >= 11 is 0. The molecule has 2 aromatic carbocycles. The van der Waals surface area contributed by atoms with Crippen LogP contribution in [0.3, 0.4) is 0 Å². The van der Waals surface area contributed by atoms with Crippen LogP contribution in [0, 0.1) is 11.3 Å². The number of hydrogen-bond donors (Lipinski definition) is 1. The second kappa shape index (κ2) is 7.38. The van der Waals surface area contributed by atoms with Gasteiger partial charge in [-0.1, -0.05) is 12.1 Å². The van der Waals surface area contributed by atoms with Crippen LogP contribution in [-0.2, 0) is 10.3 Å². The number of methoxy groups -OCH3 is 1. The molecule has 1 heterocycles. The molecule has 1 N–H and O–H groups in total. The van der Waals surface area contributed by atoms with Crippen LogP contribution >= 0.6 is 0 Å². The molecule has 0 unspecified atom stereocenters. The minimum Gasteiger partial charge on any atom is -0.497 e. The third-order valence-corrected chi connectivity index (χ3v) is 4.51. The molecular weight excluding hydrogens is 346 g/mol. The molecule has 3 rings (SSSR count). The van der Waals surface area contributed by atoms with E-state index in [2.05, 4.69) is 5.32 Å². The van der Waals surface area contributed by atoms with Gasteiger partial charge in [0, 0.05) is 0 Å². The van der Waals surface area contributed by atoms with Crippen molar-refractivity contribution < 1.29 is 19.1 Å². The molecule has 7 heteroatoms. The van der Waals surface area contributed by atoms with Gasteiger partial charge in [-0.05, 0) is 48.9 Å². The highest BCUT2D eigenvalue weighted by Crippen LogP contribution is 2.29. The van der Waals surface area contributed by atoms with Gasteiger partial charge in [0.2, 0.25) is 0 Å². The smallest absolute Gasteiger partial charge is 0.325 e. The van der Waals surface area contributed by atoms with Crippen molar-refractivity contribution in [1.29, 1.82) is 5.26 Å². The van der Waals surface area contributed by atoms with Gasteiger partial charge in [-0.2, -0.15) is 5.26 Å². The Morgan fingerprint density at radius 1 is 1.07 bits per heavy atom. The molecule has 0 bridgehead atoms. The second-order valence-corrected chi connectivity index (χ2v) is 6.23. The number of benzene rings is 2. The Bertz CT molecular complexity index is 887. The van der Waals surface area contributed by atoms with E-state index in [0.717, 1.165) is 4.90 Å². The van der Waals surface area contributed by atoms with Crippen LogP contribution in [0.25, 0.3) is 0 Å². The van der Waals surface area contributed by atoms with Crippen molar-refractivity contribution in [2.45, 2.75) is 12.5 Å². The van der Waals surface area contributed by atoms with Gasteiger partial charge in [0.1, 0.15) is 23.6 Å². The van der Waals surface area contributed by atoms with Gasteiger partial charge in [-0.3, -0.25) is 9.69 Å². The first-order chi connectivity index (χ1) is 13.0. The summed E-state index contributed by atoms with van der Waals surface area (Å²) in [7, 11) is 1.56. The number of imide groups is 1. The molecule has 1 atom stereocenters. The van der Waals surface area contributed by atoms with Crippen LogP contribution in [0.4, 0.5) is 4.79 Å². The fourth-order valence-electron chi connectivity index (χ4n) is 2.90. The van der Waals surface area contributed by atoms with Crippen LogP contribution in [0.5, 0.6) is 11.5 Å². The van der Waals surface area contributed by atoms with E-state index in [1.54, 1.807) is 62.6 Å². The number of nitrogens with zero attached hydrogens (tertiary/aromatic N) is 2. The lowest BCUT2D eigenvalue weighted by Crippen LogP contribution is -2.41. The number of carbonyl (C=O) groups is 2. The van der Waals surface area contributed by atoms with Gasteiger partial charge >= 0.3 is 6.03 Å². The Kier molecular flexibility index (Phi) is 4.99. The first-order valence-corrected chi connectivity index (χ1v) is 8.39. The summed E-state index contributed by atoms with van der Waals surface area (Å²) in [6, 6.07) is 15.2. The molecule has 1 aliphatic heterocycles. The van der Waals surface area contributed by atoms with Gasteiger partial charge in [0.25, 0.3) is 5.91 Å². The second-order valence-electron chi connectivity index (χ2n) is 6.23. The number of amides is 3. The Balaban J connectivity index is 1.65. The number of carbonyl (C=O) groups excluding carboxylic acids is 2. The fraction of sp³-hybridized carbons (Fsp3) is 0.250. The lowest BCUT2D eigenvalue weighted by Gasteiger charge is -2.22. The topological polar surface area (TPSA) is 91.7 Å². The molecule has 0 saturated carbocycles. The highest BCUT2D eigenvalue weighted by atomic mass is 16.5. The minimum absolute atomic E-state index is 0.121. The lowest BCUT2D eigenvalue weighted by atomic mass is 9.92. The molecule has 1 aliphatic rings. The quantitative estimate of drug-likeness (QED) is 0.794. The summed E-state index contributed by atoms with van der Waals surface area (Å²) in [5.74, 6) is 0.909. The molecular formula is C20H19N3O4. The molecule has 3 amide bonds. The maximum atomic E-state index is 12.8. The van der Waals surface area contributed by atoms with Gasteiger partial charge < -0.3 is 14.8 Å². The zero-order chi connectivity index (χ0) is 19.4. The molecule has 1 fully saturated rings. The summed E-state index contributed by atoms with van der Waals surface area (Å²) in [5, 5.41) is 11.5. The SMILES string of the molecule is COc1ccc([C@@]2(C)NC(=O)N(CCOc3ccc(C#N)cc3)C2=O)cc1. The summed E-state index contributed by atoms with van der Waals surface area (Å²) in [5.41, 5.74) is 0.0847. The average Bonchev–Trinajstić information content (AvgIpc) is 2.92. The van der Waals surface area contributed by atoms with Gasteiger partial charge in [-0.25, -0.2) is 4.79 Å². The highest BCUT2D eigenvalue weighted by molar-refractivity contribution is 6.07. The molecule has 7 nitrogen and oxygen atoms in total. The zero-order valence-electron chi connectivity index (χ0n) is 15.1. The largest absolute Gasteiger partial charge is 0.497 e. The van der Waals surface area contributed by atoms with Crippen molar-refractivity contribution in [3.8, 4) is 17.6 Å². The van der Waals surface area contributed by atoms with Crippen molar-refractivity contribution in [2.75, 3.05) is 20.3 Å². The lowest BCUT2D eigenvalue weighted by molar-refractivity contribution is -0.131. The van der Waals surface area contributed by atoms with Crippen molar-refractivity contribution in [3.05, 3.63) is 59.7 Å². The van der Waals surface area contributed by atoms with Crippen LogP contribution in [0.2, 0.25) is 0 Å². The number of rotatable bonds is 6. The van der Waals surface area contributed by atoms with Crippen LogP contribution < -0.4 is 14.8 Å². The molecule has 1 saturated heterocycles. The van der Waals surface area contributed by atoms with Crippen molar-refractivity contribution in [3.63, 3.8) is 0 Å². The number of nitrogens with one attached hydrogen (secondary N) is 1. The predicted octanol–water partition coefficient (Wildman–Crippen LogP) is 2.41. The molecule has 0 aromatic heterocycles. The van der Waals surface area contributed by atoms with E-state index >= 15 is 0 Å². The van der Waals surface area contributed by atoms with Crippen LogP contribution in [0.1, 0.15) is 18.1 Å². The van der Waals surface area contributed by atoms with E-state index in [1.165, 1.54) is 0 Å². The van der Waals surface area contributed by atoms with Crippen molar-refractivity contribution in [1.82, 2.24) is 10.2 Å². The molecule has 0 radical (unpaired) electrons. The van der Waals surface area contributed by atoms with Crippen molar-refractivity contribution in [2.24, 2.45) is 0 Å². The van der Waals surface area contributed by atoms with Crippen molar-refractivity contribution >= 4 is 11.9 Å². The van der Waals surface area contributed by atoms with Gasteiger partial charge in [0.05, 0.1) is 25.3 Å². The van der Waals surface area contributed by atoms with E-state index < -0.39 is 11.6 Å². The normalized spacial score (nSPS) is 18.8. The van der Waals surface area contributed by atoms with E-state index in [-0.39, 0.29) is 19.1 Å². The van der Waals surface area contributed by atoms with Gasteiger partial charge in [-0.15, -0.1) is 0 Å². The maximum Gasteiger partial charge on any atom is 0.325 e. The minimum atomic E-state index is -1.13. The summed E-state index contributed by atoms with van der Waals surface area (Å²) in [6.45, 7) is 1.96. The average molecular weight is 365 g/mol. The number of hydrogen-bond acceptors (Lipinski definition) is 5. The third kappa shape index (κ3) is 3.55. The Morgan fingerprint density at radius 2 is 1.70 bits per heavy atom. The fourth-order valence-corrected chi connectivity index (χ4v) is 2.90. The summed E-state index contributed by atoms with van der Waals surface area (Å²) < 4.78 is 10.7. The van der Waals surface area contributed by atoms with Gasteiger partial charge in [0.15, 0.2) is 0 Å². The van der Waals surface area contributed by atoms with Crippen LogP contribution in [-0.4, -0.2) is 37.1 Å². The predicted molar refractivity (Wildman–Crippen MR) is 97.2 cm³/mol. The standard InChI is InChI=1S/C20H19N3O4/c1-20(15-5-9-16(26-2)10-6-15)18(24)23(19(25)22-20)11-12-27-17-7-3-14(13-21)4-8-17/h3-10H,11-12H2,1-2H3,(H,22,25)/t20-/m1/s1. The van der Waals surface area contributed by atoms with E-state index in [4.69, 9.17) is 14.7 Å². The molecule has 0 aliphatic carbocycles. The molecule has 27 heavy (non-hydrogen) atoms. The Hall–Kier alpha value is -3.53. The van der Waals surface area contributed by atoms with E-state index in [1.807, 2.05) is 6.07 Å². The summed E-state index contributed by atoms with van der Waals surface area (Å²) in [4.78, 5) is 26.3. The molecule has 2 aromatic rings. The molecule has 138 valence electrons. The summed E-state index contributed by atoms with van der Waals surface area (Å²) in [6.07, 6.45) is 0. The number of nitriles is 1. The number of ether oxygens (including phenoxy) is 2. The van der Waals surface area contributed by atoms with E-state index in [0.29, 0.717) is 22.6 Å². The third-order valence-electron chi connectivity index (χ3n) is 4.51. The zero-order valence-corrected chi connectivity index (χ0v) is 15.1. The number of urea groups is 1. The Labute approximate surface area is 157 Å².